The van der Waals surface area contributed by atoms with Crippen molar-refractivity contribution in [2.24, 2.45) is 0 Å². The van der Waals surface area contributed by atoms with Crippen molar-refractivity contribution in [3.63, 3.8) is 0 Å². The summed E-state index contributed by atoms with van der Waals surface area (Å²) in [7, 11) is 1.54. The van der Waals surface area contributed by atoms with Gasteiger partial charge in [0.15, 0.2) is 5.78 Å². The van der Waals surface area contributed by atoms with Crippen molar-refractivity contribution < 1.29 is 14.6 Å². The summed E-state index contributed by atoms with van der Waals surface area (Å²) in [4.78, 5) is 11.4. The molecule has 1 aromatic carbocycles. The minimum atomic E-state index is -0.990. The number of aliphatic hydroxyl groups is 1. The molecule has 0 amide bonds. The fraction of sp³-hybridized carbons (Fsp3) is 0.385. The van der Waals surface area contributed by atoms with Crippen molar-refractivity contribution in [1.29, 1.82) is 0 Å². The molecule has 3 nitrogen and oxygen atoms in total. The summed E-state index contributed by atoms with van der Waals surface area (Å²) >= 11 is 0. The number of methoxy groups -OCH3 is 1. The van der Waals surface area contributed by atoms with Crippen LogP contribution in [0, 0.1) is 6.42 Å². The molecule has 0 aliphatic carbocycles. The lowest BCUT2D eigenvalue weighted by atomic mass is 10.0. The summed E-state index contributed by atoms with van der Waals surface area (Å²) in [5.41, 5.74) is 1.08. The van der Waals surface area contributed by atoms with Crippen LogP contribution < -0.4 is 0 Å². The van der Waals surface area contributed by atoms with Gasteiger partial charge in [0, 0.05) is 20.0 Å². The zero-order chi connectivity index (χ0) is 11.8. The van der Waals surface area contributed by atoms with E-state index in [9.17, 15) is 9.90 Å². The normalized spacial score (nSPS) is 12.4. The first-order valence-electron chi connectivity index (χ1n) is 5.31. The van der Waals surface area contributed by atoms with E-state index in [0.29, 0.717) is 13.0 Å². The van der Waals surface area contributed by atoms with Crippen LogP contribution in [-0.4, -0.2) is 30.7 Å². The zero-order valence-corrected chi connectivity index (χ0v) is 9.43. The van der Waals surface area contributed by atoms with E-state index in [-0.39, 0.29) is 12.2 Å². The van der Waals surface area contributed by atoms with E-state index in [0.717, 1.165) is 5.56 Å². The van der Waals surface area contributed by atoms with Gasteiger partial charge in [-0.2, -0.15) is 0 Å². The zero-order valence-electron chi connectivity index (χ0n) is 9.43. The second kappa shape index (κ2) is 7.14. The average molecular weight is 221 g/mol. The molecule has 1 unspecified atom stereocenters. The first-order valence-corrected chi connectivity index (χ1v) is 5.31. The molecule has 0 aliphatic rings. The molecule has 0 fully saturated rings. The van der Waals surface area contributed by atoms with Gasteiger partial charge < -0.3 is 9.84 Å². The number of carbonyl (C=O) groups excluding carboxylic acids is 1. The summed E-state index contributed by atoms with van der Waals surface area (Å²) in [5.74, 6) is -0.196. The van der Waals surface area contributed by atoms with Gasteiger partial charge in [-0.1, -0.05) is 30.3 Å². The SMILES string of the molecule is COCCC(=O)C(O)[CH]Cc1ccccc1. The van der Waals surface area contributed by atoms with Crippen LogP contribution in [0.25, 0.3) is 0 Å². The molecule has 1 N–H and O–H groups in total. The first kappa shape index (κ1) is 12.9. The largest absolute Gasteiger partial charge is 0.385 e. The fourth-order valence-corrected chi connectivity index (χ4v) is 1.34. The van der Waals surface area contributed by atoms with Crippen molar-refractivity contribution in [3.05, 3.63) is 42.3 Å². The summed E-state index contributed by atoms with van der Waals surface area (Å²) in [5, 5.41) is 9.54. The second-order valence-electron chi connectivity index (χ2n) is 3.58. The quantitative estimate of drug-likeness (QED) is 0.757. The summed E-state index contributed by atoms with van der Waals surface area (Å²) < 4.78 is 4.78. The number of rotatable bonds is 7. The lowest BCUT2D eigenvalue weighted by Crippen LogP contribution is -2.22. The van der Waals surface area contributed by atoms with Gasteiger partial charge in [-0.25, -0.2) is 0 Å². The van der Waals surface area contributed by atoms with E-state index in [1.54, 1.807) is 6.42 Å². The molecule has 1 rings (SSSR count). The third-order valence-corrected chi connectivity index (χ3v) is 2.30. The Morgan fingerprint density at radius 3 is 2.75 bits per heavy atom. The number of carbonyl (C=O) groups is 1. The van der Waals surface area contributed by atoms with Gasteiger partial charge >= 0.3 is 0 Å². The molecule has 16 heavy (non-hydrogen) atoms. The number of benzene rings is 1. The fourth-order valence-electron chi connectivity index (χ4n) is 1.34. The number of hydrogen-bond donors (Lipinski definition) is 1. The van der Waals surface area contributed by atoms with E-state index in [1.165, 1.54) is 7.11 Å². The molecule has 1 atom stereocenters. The highest BCUT2D eigenvalue weighted by Gasteiger charge is 2.14. The van der Waals surface area contributed by atoms with Crippen molar-refractivity contribution in [2.75, 3.05) is 13.7 Å². The standard InChI is InChI=1S/C13H17O3/c1-16-10-9-13(15)12(14)8-7-11-5-3-2-4-6-11/h2-6,8,12,14H,7,9-10H2,1H3. The van der Waals surface area contributed by atoms with Gasteiger partial charge in [-0.3, -0.25) is 4.79 Å². The molecular weight excluding hydrogens is 204 g/mol. The van der Waals surface area contributed by atoms with Crippen molar-refractivity contribution in [3.8, 4) is 0 Å². The Balaban J connectivity index is 2.29. The van der Waals surface area contributed by atoms with Crippen molar-refractivity contribution >= 4 is 5.78 Å². The van der Waals surface area contributed by atoms with Crippen LogP contribution in [0.2, 0.25) is 0 Å². The topological polar surface area (TPSA) is 46.5 Å². The number of hydrogen-bond acceptors (Lipinski definition) is 3. The van der Waals surface area contributed by atoms with E-state index in [1.807, 2.05) is 30.3 Å². The third-order valence-electron chi connectivity index (χ3n) is 2.30. The summed E-state index contributed by atoms with van der Waals surface area (Å²) in [6.07, 6.45) is 1.48. The minimum absolute atomic E-state index is 0.196. The molecule has 0 heterocycles. The Kier molecular flexibility index (Phi) is 5.75. The van der Waals surface area contributed by atoms with Crippen LogP contribution in [-0.2, 0) is 16.0 Å². The van der Waals surface area contributed by atoms with Crippen molar-refractivity contribution in [2.45, 2.75) is 18.9 Å². The average Bonchev–Trinajstić information content (AvgIpc) is 2.34. The van der Waals surface area contributed by atoms with Crippen LogP contribution in [0.4, 0.5) is 0 Å². The Bertz CT molecular complexity index is 308. The van der Waals surface area contributed by atoms with Gasteiger partial charge in [0.25, 0.3) is 0 Å². The van der Waals surface area contributed by atoms with Gasteiger partial charge in [0.05, 0.1) is 6.61 Å². The maximum atomic E-state index is 11.4. The Hall–Kier alpha value is -1.19. The molecule has 0 spiro atoms. The van der Waals surface area contributed by atoms with Crippen molar-refractivity contribution in [1.82, 2.24) is 0 Å². The predicted octanol–water partition coefficient (Wildman–Crippen LogP) is 1.40. The van der Waals surface area contributed by atoms with Gasteiger partial charge in [0.1, 0.15) is 6.10 Å². The van der Waals surface area contributed by atoms with Crippen LogP contribution in [0.3, 0.4) is 0 Å². The van der Waals surface area contributed by atoms with Crippen LogP contribution >= 0.6 is 0 Å². The molecule has 0 saturated heterocycles. The van der Waals surface area contributed by atoms with Crippen LogP contribution in [0.15, 0.2) is 30.3 Å². The highest BCUT2D eigenvalue weighted by molar-refractivity contribution is 5.84. The lowest BCUT2D eigenvalue weighted by Gasteiger charge is -2.08. The summed E-state index contributed by atoms with van der Waals surface area (Å²) in [6.45, 7) is 0.356. The highest BCUT2D eigenvalue weighted by atomic mass is 16.5. The van der Waals surface area contributed by atoms with Crippen LogP contribution in [0.5, 0.6) is 0 Å². The maximum Gasteiger partial charge on any atom is 0.163 e. The van der Waals surface area contributed by atoms with Gasteiger partial charge in [0.2, 0.25) is 0 Å². The Morgan fingerprint density at radius 2 is 2.12 bits per heavy atom. The number of Topliss-reactive ketones (excluding diaryl/α,β-unsaturated/α-hetero) is 1. The molecule has 1 radical (unpaired) electrons. The lowest BCUT2D eigenvalue weighted by molar-refractivity contribution is -0.126. The van der Waals surface area contributed by atoms with Gasteiger partial charge in [-0.15, -0.1) is 0 Å². The molecule has 3 heteroatoms. The van der Waals surface area contributed by atoms with E-state index >= 15 is 0 Å². The maximum absolute atomic E-state index is 11.4. The number of aliphatic hydroxyl groups excluding tert-OH is 1. The van der Waals surface area contributed by atoms with Crippen LogP contribution in [0.1, 0.15) is 12.0 Å². The molecular formula is C13H17O3. The van der Waals surface area contributed by atoms with E-state index < -0.39 is 6.10 Å². The molecule has 0 saturated carbocycles. The second-order valence-corrected chi connectivity index (χ2v) is 3.58. The Morgan fingerprint density at radius 1 is 1.44 bits per heavy atom. The molecule has 0 aliphatic heterocycles. The first-order chi connectivity index (χ1) is 7.74. The number of ether oxygens (including phenoxy) is 1. The molecule has 1 aromatic rings. The van der Waals surface area contributed by atoms with E-state index in [4.69, 9.17) is 4.74 Å². The third kappa shape index (κ3) is 4.55. The molecule has 87 valence electrons. The summed E-state index contributed by atoms with van der Waals surface area (Å²) in [6, 6.07) is 9.72. The minimum Gasteiger partial charge on any atom is -0.385 e. The Labute approximate surface area is 96.1 Å². The van der Waals surface area contributed by atoms with E-state index in [2.05, 4.69) is 0 Å². The van der Waals surface area contributed by atoms with Gasteiger partial charge in [-0.05, 0) is 12.0 Å². The molecule has 0 aromatic heterocycles. The smallest absolute Gasteiger partial charge is 0.163 e. The number of ketones is 1. The predicted molar refractivity (Wildman–Crippen MR) is 62.0 cm³/mol. The monoisotopic (exact) mass is 221 g/mol. The highest BCUT2D eigenvalue weighted by Crippen LogP contribution is 2.05. The molecule has 0 bridgehead atoms.